The highest BCUT2D eigenvalue weighted by Crippen LogP contribution is 2.39. The maximum atomic E-state index is 13.5. The predicted molar refractivity (Wildman–Crippen MR) is 175 cm³/mol. The number of aromatic nitrogens is 5. The molecule has 2 aromatic carbocycles. The van der Waals surface area contributed by atoms with E-state index in [4.69, 9.17) is 9.84 Å². The fourth-order valence-corrected chi connectivity index (χ4v) is 6.55. The highest BCUT2D eigenvalue weighted by atomic mass is 16.5. The molecule has 46 heavy (non-hydrogen) atoms. The first-order valence-corrected chi connectivity index (χ1v) is 15.9. The van der Waals surface area contributed by atoms with Gasteiger partial charge in [-0.1, -0.05) is 45.0 Å². The Hall–Kier alpha value is -4.90. The summed E-state index contributed by atoms with van der Waals surface area (Å²) in [7, 11) is 2.14. The molecular formula is C35H40N8O3. The zero-order valence-electron chi connectivity index (χ0n) is 26.6. The van der Waals surface area contributed by atoms with Crippen LogP contribution in [0.3, 0.4) is 0 Å². The zero-order chi connectivity index (χ0) is 32.0. The van der Waals surface area contributed by atoms with E-state index in [0.717, 1.165) is 65.5 Å². The Morgan fingerprint density at radius 2 is 1.76 bits per heavy atom. The van der Waals surface area contributed by atoms with Gasteiger partial charge in [0.25, 0.3) is 0 Å². The smallest absolute Gasteiger partial charge is 0.320 e. The molecule has 2 aliphatic rings. The van der Waals surface area contributed by atoms with Gasteiger partial charge in [0.05, 0.1) is 29.7 Å². The van der Waals surface area contributed by atoms with Crippen LogP contribution in [0.4, 0.5) is 10.6 Å². The third-order valence-corrected chi connectivity index (χ3v) is 9.05. The van der Waals surface area contributed by atoms with E-state index < -0.39 is 0 Å². The Labute approximate surface area is 268 Å². The van der Waals surface area contributed by atoms with E-state index in [1.54, 1.807) is 28.9 Å². The average molecular weight is 621 g/mol. The van der Waals surface area contributed by atoms with E-state index >= 15 is 0 Å². The number of carbonyl (C=O) groups excluding carboxylic acids is 1. The number of anilines is 1. The number of pyridine rings is 1. The molecular weight excluding hydrogens is 580 g/mol. The summed E-state index contributed by atoms with van der Waals surface area (Å²) in [6.45, 7) is 7.29. The molecule has 3 atom stereocenters. The van der Waals surface area contributed by atoms with Crippen LogP contribution >= 0.6 is 0 Å². The van der Waals surface area contributed by atoms with E-state index in [9.17, 15) is 9.90 Å². The highest BCUT2D eigenvalue weighted by molar-refractivity contribution is 5.89. The number of hydrogen-bond donors (Lipinski definition) is 3. The Morgan fingerprint density at radius 3 is 2.50 bits per heavy atom. The lowest BCUT2D eigenvalue weighted by atomic mass is 9.85. The van der Waals surface area contributed by atoms with Crippen molar-refractivity contribution in [3.05, 3.63) is 95.6 Å². The molecule has 238 valence electrons. The number of rotatable bonds is 6. The second kappa shape index (κ2) is 11.8. The van der Waals surface area contributed by atoms with Crippen LogP contribution in [0.2, 0.25) is 0 Å². The highest BCUT2D eigenvalue weighted by Gasteiger charge is 2.31. The average Bonchev–Trinajstić information content (AvgIpc) is 3.77. The van der Waals surface area contributed by atoms with Crippen molar-refractivity contribution in [1.82, 2.24) is 34.6 Å². The standard InChI is InChI=1S/C35H40N8O3/c1-35(2,3)30-20-32(43(40-30)22-11-13-23(44)14-12-22)37-34(45)36-27-16-17-29(26-9-6-5-8-25(26)27)46-24-15-18-31-38-39-33(42(31)21-24)28-10-7-19-41(28)4/h5-6,8-9,11-15,18,20-21,27-29,44H,7,10,16-17,19H2,1-4H3,(H2,36,37,45)/t27-,28-,29+/m0/s1. The third kappa shape index (κ3) is 5.78. The molecule has 1 saturated heterocycles. The monoisotopic (exact) mass is 620 g/mol. The van der Waals surface area contributed by atoms with E-state index in [0.29, 0.717) is 12.2 Å². The van der Waals surface area contributed by atoms with Crippen molar-refractivity contribution in [2.45, 2.75) is 70.1 Å². The Balaban J connectivity index is 1.09. The number of fused-ring (bicyclic) bond motifs is 2. The first-order chi connectivity index (χ1) is 22.1. The number of phenols is 1. The summed E-state index contributed by atoms with van der Waals surface area (Å²) in [5.41, 5.74) is 4.25. The van der Waals surface area contributed by atoms with Gasteiger partial charge in [0, 0.05) is 11.5 Å². The number of benzene rings is 2. The maximum Gasteiger partial charge on any atom is 0.320 e. The molecule has 4 heterocycles. The van der Waals surface area contributed by atoms with Gasteiger partial charge >= 0.3 is 6.03 Å². The number of hydrogen-bond acceptors (Lipinski definition) is 7. The lowest BCUT2D eigenvalue weighted by Crippen LogP contribution is -2.36. The summed E-state index contributed by atoms with van der Waals surface area (Å²) < 4.78 is 10.4. The quantitative estimate of drug-likeness (QED) is 0.199. The van der Waals surface area contributed by atoms with Gasteiger partial charge in [0.2, 0.25) is 0 Å². The predicted octanol–water partition coefficient (Wildman–Crippen LogP) is 6.46. The lowest BCUT2D eigenvalue weighted by molar-refractivity contribution is 0.171. The van der Waals surface area contributed by atoms with Crippen LogP contribution < -0.4 is 15.4 Å². The van der Waals surface area contributed by atoms with Crippen molar-refractivity contribution in [3.63, 3.8) is 0 Å². The summed E-state index contributed by atoms with van der Waals surface area (Å²) in [6.07, 6.45) is 5.51. The van der Waals surface area contributed by atoms with Crippen LogP contribution in [-0.4, -0.2) is 54.0 Å². The van der Waals surface area contributed by atoms with Crippen molar-refractivity contribution < 1.29 is 14.6 Å². The van der Waals surface area contributed by atoms with Gasteiger partial charge in [-0.3, -0.25) is 14.6 Å². The van der Waals surface area contributed by atoms with Gasteiger partial charge in [-0.15, -0.1) is 10.2 Å². The summed E-state index contributed by atoms with van der Waals surface area (Å²) in [5, 5.41) is 29.7. The maximum absolute atomic E-state index is 13.5. The normalized spacial score (nSPS) is 20.0. The van der Waals surface area contributed by atoms with Gasteiger partial charge < -0.3 is 15.2 Å². The topological polar surface area (TPSA) is 122 Å². The number of nitrogens with one attached hydrogen (secondary N) is 2. The Bertz CT molecular complexity index is 1870. The molecule has 0 radical (unpaired) electrons. The van der Waals surface area contributed by atoms with Gasteiger partial charge in [-0.05, 0) is 86.8 Å². The molecule has 0 unspecified atom stereocenters. The van der Waals surface area contributed by atoms with Gasteiger partial charge in [0.1, 0.15) is 23.4 Å². The number of likely N-dealkylation sites (tertiary alicyclic amines) is 1. The second-order valence-electron chi connectivity index (χ2n) is 13.3. The molecule has 1 aliphatic heterocycles. The molecule has 5 aromatic rings. The number of amides is 2. The zero-order valence-corrected chi connectivity index (χ0v) is 26.6. The van der Waals surface area contributed by atoms with Crippen LogP contribution in [0.15, 0.2) is 72.9 Å². The molecule has 7 rings (SSSR count). The van der Waals surface area contributed by atoms with Crippen molar-refractivity contribution in [1.29, 1.82) is 0 Å². The minimum absolute atomic E-state index is 0.158. The minimum Gasteiger partial charge on any atom is -0.508 e. The van der Waals surface area contributed by atoms with Gasteiger partial charge in [-0.2, -0.15) is 5.10 Å². The van der Waals surface area contributed by atoms with Crippen LogP contribution in [0.1, 0.15) is 87.3 Å². The van der Waals surface area contributed by atoms with Crippen LogP contribution in [0.25, 0.3) is 11.3 Å². The number of phenolic OH excluding ortho intramolecular Hbond substituents is 1. The first kappa shape index (κ1) is 29.8. The number of nitrogens with zero attached hydrogens (tertiary/aromatic N) is 6. The fraction of sp³-hybridized carbons (Fsp3) is 0.371. The fourth-order valence-electron chi connectivity index (χ4n) is 6.55. The van der Waals surface area contributed by atoms with Crippen molar-refractivity contribution >= 4 is 17.5 Å². The first-order valence-electron chi connectivity index (χ1n) is 15.9. The SMILES string of the molecule is CN1CCC[C@H]1c1nnc2ccc(O[C@@H]3CC[C@H](NC(=O)Nc4cc(C(C)(C)C)nn4-c4ccc(O)cc4)c4ccccc43)cn12. The molecule has 0 saturated carbocycles. The molecule has 11 nitrogen and oxygen atoms in total. The van der Waals surface area contributed by atoms with Crippen molar-refractivity contribution in [3.8, 4) is 17.2 Å². The summed E-state index contributed by atoms with van der Waals surface area (Å²) in [5.74, 6) is 2.42. The summed E-state index contributed by atoms with van der Waals surface area (Å²) >= 11 is 0. The molecule has 2 amide bonds. The molecule has 0 spiro atoms. The summed E-state index contributed by atoms with van der Waals surface area (Å²) in [6, 6.07) is 20.4. The molecule has 3 N–H and O–H groups in total. The van der Waals surface area contributed by atoms with E-state index in [1.807, 2.05) is 36.5 Å². The second-order valence-corrected chi connectivity index (χ2v) is 13.3. The number of carbonyl (C=O) groups is 1. The lowest BCUT2D eigenvalue weighted by Gasteiger charge is -2.32. The van der Waals surface area contributed by atoms with Gasteiger partial charge in [0.15, 0.2) is 11.5 Å². The van der Waals surface area contributed by atoms with Crippen molar-refractivity contribution in [2.75, 3.05) is 18.9 Å². The Kier molecular flexibility index (Phi) is 7.64. The number of urea groups is 1. The van der Waals surface area contributed by atoms with E-state index in [2.05, 4.69) is 70.1 Å². The molecule has 0 bridgehead atoms. The van der Waals surface area contributed by atoms with Crippen LogP contribution in [0, 0.1) is 0 Å². The number of aromatic hydroxyl groups is 1. The van der Waals surface area contributed by atoms with Crippen LogP contribution in [-0.2, 0) is 5.41 Å². The minimum atomic E-state index is -0.318. The van der Waals surface area contributed by atoms with E-state index in [-0.39, 0.29) is 35.4 Å². The summed E-state index contributed by atoms with van der Waals surface area (Å²) in [4.78, 5) is 15.8. The van der Waals surface area contributed by atoms with Crippen molar-refractivity contribution in [2.24, 2.45) is 0 Å². The molecule has 3 aromatic heterocycles. The third-order valence-electron chi connectivity index (χ3n) is 9.05. The van der Waals surface area contributed by atoms with Gasteiger partial charge in [-0.25, -0.2) is 9.48 Å². The molecule has 11 heteroatoms. The van der Waals surface area contributed by atoms with Crippen LogP contribution in [0.5, 0.6) is 11.5 Å². The largest absolute Gasteiger partial charge is 0.508 e. The number of ether oxygens (including phenoxy) is 1. The Morgan fingerprint density at radius 1 is 0.978 bits per heavy atom. The molecule has 1 aliphatic carbocycles. The molecule has 1 fully saturated rings. The van der Waals surface area contributed by atoms with E-state index in [1.165, 1.54) is 0 Å².